The van der Waals surface area contributed by atoms with E-state index >= 15 is 0 Å². The van der Waals surface area contributed by atoms with E-state index in [1.54, 1.807) is 30.3 Å². The second-order valence-corrected chi connectivity index (χ2v) is 10.2. The van der Waals surface area contributed by atoms with Crippen molar-refractivity contribution < 1.29 is 30.4 Å². The zero-order chi connectivity index (χ0) is 23.4. The second-order valence-electron chi connectivity index (χ2n) is 7.41. The zero-order valence-corrected chi connectivity index (χ0v) is 18.5. The summed E-state index contributed by atoms with van der Waals surface area (Å²) in [7, 11) is -9.50. The Labute approximate surface area is 189 Å². The molecule has 0 spiro atoms. The topological polar surface area (TPSA) is 122 Å². The summed E-state index contributed by atoms with van der Waals surface area (Å²) < 4.78 is 75.0. The van der Waals surface area contributed by atoms with Gasteiger partial charge in [0.15, 0.2) is 0 Å². The molecule has 1 aromatic heterocycles. The summed E-state index contributed by atoms with van der Waals surface area (Å²) in [5, 5.41) is 1.41. The highest BCUT2D eigenvalue weighted by Crippen LogP contribution is 2.42. The summed E-state index contributed by atoms with van der Waals surface area (Å²) in [6.45, 7) is 0. The maximum absolute atomic E-state index is 12.6. The number of rotatable bonds is 4. The van der Waals surface area contributed by atoms with Crippen LogP contribution in [0.4, 0.5) is 0 Å². The largest absolute Gasteiger partial charge is 0.456 e. The molecule has 0 atom stereocenters. The molecule has 0 unspecified atom stereocenters. The molecule has 5 aromatic rings. The van der Waals surface area contributed by atoms with Crippen molar-refractivity contribution in [3.63, 3.8) is 0 Å². The molecule has 0 saturated carbocycles. The SMILES string of the molecule is O=S(=O)(O)c1ccccc1-c1cccc(-c2cccc3oc4ccccc4c23)c1S(=O)(=O)O. The molecule has 0 aliphatic rings. The normalized spacial score (nSPS) is 12.4. The Hall–Kier alpha value is -3.50. The van der Waals surface area contributed by atoms with Crippen molar-refractivity contribution in [2.24, 2.45) is 0 Å². The highest BCUT2D eigenvalue weighted by atomic mass is 32.2. The van der Waals surface area contributed by atoms with Crippen LogP contribution in [-0.4, -0.2) is 25.9 Å². The van der Waals surface area contributed by atoms with Crippen LogP contribution in [0.1, 0.15) is 0 Å². The average Bonchev–Trinajstić information content (AvgIpc) is 3.16. The van der Waals surface area contributed by atoms with Crippen LogP contribution in [0.5, 0.6) is 0 Å². The van der Waals surface area contributed by atoms with E-state index in [0.717, 1.165) is 11.5 Å². The predicted octanol–water partition coefficient (Wildman–Crippen LogP) is 5.41. The van der Waals surface area contributed by atoms with Crippen molar-refractivity contribution in [3.8, 4) is 22.3 Å². The minimum atomic E-state index is -4.83. The molecule has 0 radical (unpaired) electrons. The smallest absolute Gasteiger partial charge is 0.295 e. The molecule has 1 heterocycles. The van der Waals surface area contributed by atoms with Gasteiger partial charge in [-0.3, -0.25) is 9.11 Å². The molecule has 33 heavy (non-hydrogen) atoms. The summed E-state index contributed by atoms with van der Waals surface area (Å²) in [4.78, 5) is -0.946. The first-order valence-corrected chi connectivity index (χ1v) is 12.6. The van der Waals surface area contributed by atoms with Crippen molar-refractivity contribution in [2.75, 3.05) is 0 Å². The fourth-order valence-corrected chi connectivity index (χ4v) is 5.77. The number of fused-ring (bicyclic) bond motifs is 3. The highest BCUT2D eigenvalue weighted by molar-refractivity contribution is 7.86. The fourth-order valence-electron chi connectivity index (χ4n) is 4.15. The van der Waals surface area contributed by atoms with Gasteiger partial charge in [0, 0.05) is 27.5 Å². The number of hydrogen-bond donors (Lipinski definition) is 2. The van der Waals surface area contributed by atoms with E-state index in [1.165, 1.54) is 30.3 Å². The predicted molar refractivity (Wildman–Crippen MR) is 124 cm³/mol. The molecule has 0 aliphatic carbocycles. The van der Waals surface area contributed by atoms with Gasteiger partial charge in [0.2, 0.25) is 0 Å². The van der Waals surface area contributed by atoms with Crippen LogP contribution in [0, 0.1) is 0 Å². The Balaban J connectivity index is 1.92. The minimum absolute atomic E-state index is 0.0568. The van der Waals surface area contributed by atoms with Gasteiger partial charge in [0.1, 0.15) is 21.0 Å². The van der Waals surface area contributed by atoms with Gasteiger partial charge in [0.25, 0.3) is 20.2 Å². The Morgan fingerprint density at radius 3 is 1.82 bits per heavy atom. The van der Waals surface area contributed by atoms with E-state index in [-0.39, 0.29) is 16.7 Å². The molecule has 166 valence electrons. The second kappa shape index (κ2) is 7.53. The van der Waals surface area contributed by atoms with Crippen molar-refractivity contribution in [1.82, 2.24) is 0 Å². The van der Waals surface area contributed by atoms with E-state index < -0.39 is 30.0 Å². The standard InChI is InChI=1S/C24H16O7S2/c25-32(26,27)22-14-4-2-7-15(22)17-10-5-11-18(24(17)33(28,29)30)16-9-6-13-21-23(16)19-8-1-3-12-20(19)31-21/h1-14H,(H,25,26,27)(H,28,29,30). The minimum Gasteiger partial charge on any atom is -0.456 e. The van der Waals surface area contributed by atoms with Crippen molar-refractivity contribution in [1.29, 1.82) is 0 Å². The maximum Gasteiger partial charge on any atom is 0.295 e. The van der Waals surface area contributed by atoms with Crippen molar-refractivity contribution in [2.45, 2.75) is 9.79 Å². The third kappa shape index (κ3) is 3.61. The lowest BCUT2D eigenvalue weighted by Crippen LogP contribution is -2.06. The van der Waals surface area contributed by atoms with E-state index in [0.29, 0.717) is 22.1 Å². The molecule has 2 N–H and O–H groups in total. The van der Waals surface area contributed by atoms with Gasteiger partial charge < -0.3 is 4.42 Å². The number of para-hydroxylation sites is 1. The third-order valence-electron chi connectivity index (χ3n) is 5.42. The molecular formula is C24H16O7S2. The molecule has 0 bridgehead atoms. The van der Waals surface area contributed by atoms with Gasteiger partial charge >= 0.3 is 0 Å². The van der Waals surface area contributed by atoms with Crippen LogP contribution >= 0.6 is 0 Å². The summed E-state index contributed by atoms with van der Waals surface area (Å²) in [6, 6.07) is 22.3. The molecule has 4 aromatic carbocycles. The fraction of sp³-hybridized carbons (Fsp3) is 0. The van der Waals surface area contributed by atoms with E-state index in [1.807, 2.05) is 18.2 Å². The van der Waals surface area contributed by atoms with Gasteiger partial charge in [-0.15, -0.1) is 0 Å². The van der Waals surface area contributed by atoms with Crippen LogP contribution in [0.3, 0.4) is 0 Å². The van der Waals surface area contributed by atoms with Crippen LogP contribution in [0.15, 0.2) is 99.1 Å². The van der Waals surface area contributed by atoms with Crippen LogP contribution in [0.25, 0.3) is 44.2 Å². The van der Waals surface area contributed by atoms with Crippen molar-refractivity contribution in [3.05, 3.63) is 84.9 Å². The van der Waals surface area contributed by atoms with Crippen LogP contribution in [-0.2, 0) is 20.2 Å². The first-order chi connectivity index (χ1) is 15.7. The monoisotopic (exact) mass is 480 g/mol. The summed E-state index contributed by atoms with van der Waals surface area (Å²) in [5.74, 6) is 0. The Kier molecular flexibility index (Phi) is 4.87. The maximum atomic E-state index is 12.6. The zero-order valence-electron chi connectivity index (χ0n) is 16.8. The lowest BCUT2D eigenvalue weighted by Gasteiger charge is -2.15. The molecule has 5 rings (SSSR count). The molecule has 0 fully saturated rings. The molecule has 7 nitrogen and oxygen atoms in total. The van der Waals surface area contributed by atoms with Gasteiger partial charge in [-0.2, -0.15) is 16.8 Å². The van der Waals surface area contributed by atoms with Crippen LogP contribution in [0.2, 0.25) is 0 Å². The Morgan fingerprint density at radius 2 is 1.09 bits per heavy atom. The summed E-state index contributed by atoms with van der Waals surface area (Å²) >= 11 is 0. The Morgan fingerprint density at radius 1 is 0.545 bits per heavy atom. The quantitative estimate of drug-likeness (QED) is 0.330. The van der Waals surface area contributed by atoms with E-state index in [4.69, 9.17) is 4.42 Å². The summed E-state index contributed by atoms with van der Waals surface area (Å²) in [5.41, 5.74) is 1.67. The molecule has 0 saturated heterocycles. The van der Waals surface area contributed by atoms with Gasteiger partial charge in [-0.1, -0.05) is 66.7 Å². The molecule has 0 amide bonds. The lowest BCUT2D eigenvalue weighted by atomic mass is 9.95. The average molecular weight is 481 g/mol. The van der Waals surface area contributed by atoms with Crippen molar-refractivity contribution >= 4 is 42.2 Å². The molecule has 0 aliphatic heterocycles. The van der Waals surface area contributed by atoms with E-state index in [2.05, 4.69) is 0 Å². The lowest BCUT2D eigenvalue weighted by molar-refractivity contribution is 0.480. The Bertz CT molecular complexity index is 1770. The molecule has 9 heteroatoms. The summed E-state index contributed by atoms with van der Waals surface area (Å²) in [6.07, 6.45) is 0. The van der Waals surface area contributed by atoms with Gasteiger partial charge in [0.05, 0.1) is 0 Å². The first kappa shape index (κ1) is 21.4. The van der Waals surface area contributed by atoms with Crippen LogP contribution < -0.4 is 0 Å². The third-order valence-corrected chi connectivity index (χ3v) is 7.29. The molecular weight excluding hydrogens is 464 g/mol. The van der Waals surface area contributed by atoms with Gasteiger partial charge in [-0.25, -0.2) is 0 Å². The van der Waals surface area contributed by atoms with E-state index in [9.17, 15) is 25.9 Å². The van der Waals surface area contributed by atoms with Gasteiger partial charge in [-0.05, 0) is 23.8 Å². The highest BCUT2D eigenvalue weighted by Gasteiger charge is 2.27. The number of furan rings is 1. The first-order valence-electron chi connectivity index (χ1n) is 9.74. The number of hydrogen-bond acceptors (Lipinski definition) is 5. The number of benzene rings is 4.